The van der Waals surface area contributed by atoms with Gasteiger partial charge in [0.2, 0.25) is 15.9 Å². The van der Waals surface area contributed by atoms with E-state index >= 15 is 0 Å². The number of sulfonamides is 1. The van der Waals surface area contributed by atoms with E-state index in [4.69, 9.17) is 21.5 Å². The minimum Gasteiger partial charge on any atom is -0.437 e. The predicted molar refractivity (Wildman–Crippen MR) is 67.1 cm³/mol. The minimum absolute atomic E-state index is 0.0750. The Kier molecular flexibility index (Phi) is 3.51. The molecule has 2 aromatic rings. The van der Waals surface area contributed by atoms with Gasteiger partial charge in [0, 0.05) is 6.07 Å². The van der Waals surface area contributed by atoms with E-state index in [1.165, 1.54) is 12.1 Å². The SMILES string of the molecule is NS(=O)(=O)c1ccc(Oc2ccccc2Cl)nc1. The number of benzene rings is 1. The number of rotatable bonds is 3. The Bertz CT molecular complexity index is 656. The van der Waals surface area contributed by atoms with Gasteiger partial charge in [-0.2, -0.15) is 0 Å². The van der Waals surface area contributed by atoms with Gasteiger partial charge >= 0.3 is 0 Å². The van der Waals surface area contributed by atoms with Crippen molar-refractivity contribution in [1.29, 1.82) is 0 Å². The van der Waals surface area contributed by atoms with E-state index in [9.17, 15) is 8.42 Å². The van der Waals surface area contributed by atoms with Crippen LogP contribution in [0.5, 0.6) is 11.6 Å². The van der Waals surface area contributed by atoms with Crippen molar-refractivity contribution < 1.29 is 13.2 Å². The number of nitrogens with zero attached hydrogens (tertiary/aromatic N) is 1. The predicted octanol–water partition coefficient (Wildman–Crippen LogP) is 2.17. The van der Waals surface area contributed by atoms with E-state index in [0.717, 1.165) is 6.20 Å². The lowest BCUT2D eigenvalue weighted by atomic mass is 10.3. The van der Waals surface area contributed by atoms with E-state index in [1.807, 2.05) is 0 Å². The van der Waals surface area contributed by atoms with E-state index < -0.39 is 10.0 Å². The second-order valence-electron chi connectivity index (χ2n) is 3.41. The van der Waals surface area contributed by atoms with Crippen molar-refractivity contribution in [2.75, 3.05) is 0 Å². The van der Waals surface area contributed by atoms with Gasteiger partial charge in [0.1, 0.15) is 10.6 Å². The molecule has 0 atom stereocenters. The highest BCUT2D eigenvalue weighted by Crippen LogP contribution is 2.27. The normalized spacial score (nSPS) is 11.2. The Labute approximate surface area is 109 Å². The summed E-state index contributed by atoms with van der Waals surface area (Å²) in [7, 11) is -3.74. The maximum absolute atomic E-state index is 11.0. The second-order valence-corrected chi connectivity index (χ2v) is 5.38. The zero-order valence-electron chi connectivity index (χ0n) is 9.08. The van der Waals surface area contributed by atoms with Crippen molar-refractivity contribution in [3.05, 3.63) is 47.6 Å². The van der Waals surface area contributed by atoms with Crippen molar-refractivity contribution in [1.82, 2.24) is 4.98 Å². The Morgan fingerprint density at radius 2 is 1.89 bits per heavy atom. The Balaban J connectivity index is 2.24. The summed E-state index contributed by atoms with van der Waals surface area (Å²) in [5.74, 6) is 0.672. The monoisotopic (exact) mass is 284 g/mol. The van der Waals surface area contributed by atoms with E-state index in [2.05, 4.69) is 4.98 Å². The molecule has 5 nitrogen and oxygen atoms in total. The third-order valence-corrected chi connectivity index (χ3v) is 3.30. The van der Waals surface area contributed by atoms with Gasteiger partial charge in [0.25, 0.3) is 0 Å². The summed E-state index contributed by atoms with van der Waals surface area (Å²) in [5.41, 5.74) is 0. The Hall–Kier alpha value is -1.63. The maximum Gasteiger partial charge on any atom is 0.239 e. The van der Waals surface area contributed by atoms with Crippen LogP contribution < -0.4 is 9.88 Å². The largest absolute Gasteiger partial charge is 0.437 e. The van der Waals surface area contributed by atoms with Crippen molar-refractivity contribution >= 4 is 21.6 Å². The fourth-order valence-corrected chi connectivity index (χ4v) is 1.87. The summed E-state index contributed by atoms with van der Waals surface area (Å²) in [6.45, 7) is 0. The number of pyridine rings is 1. The number of halogens is 1. The molecule has 1 aromatic heterocycles. The summed E-state index contributed by atoms with van der Waals surface area (Å²) in [6.07, 6.45) is 1.13. The van der Waals surface area contributed by atoms with Crippen LogP contribution in [0.4, 0.5) is 0 Å². The van der Waals surface area contributed by atoms with Crippen molar-refractivity contribution in [2.24, 2.45) is 5.14 Å². The van der Waals surface area contributed by atoms with Crippen LogP contribution in [0.3, 0.4) is 0 Å². The Morgan fingerprint density at radius 1 is 1.17 bits per heavy atom. The standard InChI is InChI=1S/C11H9ClN2O3S/c12-9-3-1-2-4-10(9)17-11-6-5-8(7-14-11)18(13,15)16/h1-7H,(H2,13,15,16). The Morgan fingerprint density at radius 3 is 2.44 bits per heavy atom. The number of aromatic nitrogens is 1. The van der Waals surface area contributed by atoms with Crippen molar-refractivity contribution in [3.63, 3.8) is 0 Å². The molecule has 0 radical (unpaired) electrons. The second kappa shape index (κ2) is 4.93. The molecule has 0 bridgehead atoms. The molecule has 1 aromatic carbocycles. The number of hydrogen-bond donors (Lipinski definition) is 1. The highest BCUT2D eigenvalue weighted by Gasteiger charge is 2.09. The van der Waals surface area contributed by atoms with Crippen LogP contribution in [-0.2, 0) is 10.0 Å². The van der Waals surface area contributed by atoms with Gasteiger partial charge in [-0.3, -0.25) is 0 Å². The van der Waals surface area contributed by atoms with Gasteiger partial charge in [0.15, 0.2) is 0 Å². The van der Waals surface area contributed by atoms with Crippen LogP contribution in [0.15, 0.2) is 47.5 Å². The van der Waals surface area contributed by atoms with Crippen LogP contribution in [0, 0.1) is 0 Å². The average molecular weight is 285 g/mol. The molecule has 0 aliphatic carbocycles. The molecule has 94 valence electrons. The molecule has 0 aliphatic rings. The molecular weight excluding hydrogens is 276 g/mol. The van der Waals surface area contributed by atoms with Gasteiger partial charge in [-0.1, -0.05) is 23.7 Å². The number of nitrogens with two attached hydrogens (primary N) is 1. The van der Waals surface area contributed by atoms with Crippen LogP contribution in [0.1, 0.15) is 0 Å². The van der Waals surface area contributed by atoms with Gasteiger partial charge in [-0.15, -0.1) is 0 Å². The molecule has 7 heteroatoms. The zero-order valence-corrected chi connectivity index (χ0v) is 10.6. The lowest BCUT2D eigenvalue weighted by Crippen LogP contribution is -2.12. The third-order valence-electron chi connectivity index (χ3n) is 2.09. The van der Waals surface area contributed by atoms with E-state index in [1.54, 1.807) is 24.3 Å². The molecule has 0 amide bonds. The van der Waals surface area contributed by atoms with Crippen LogP contribution in [0.25, 0.3) is 0 Å². The first-order chi connectivity index (χ1) is 8.47. The summed E-state index contributed by atoms with van der Waals surface area (Å²) in [6, 6.07) is 9.61. The summed E-state index contributed by atoms with van der Waals surface area (Å²) >= 11 is 5.91. The van der Waals surface area contributed by atoms with E-state index in [-0.39, 0.29) is 10.8 Å². The van der Waals surface area contributed by atoms with Gasteiger partial charge in [-0.05, 0) is 18.2 Å². The van der Waals surface area contributed by atoms with Gasteiger partial charge in [-0.25, -0.2) is 18.5 Å². The summed E-state index contributed by atoms with van der Waals surface area (Å²) in [5, 5.41) is 5.39. The third kappa shape index (κ3) is 2.98. The molecule has 18 heavy (non-hydrogen) atoms. The molecule has 0 saturated carbocycles. The lowest BCUT2D eigenvalue weighted by molar-refractivity contribution is 0.462. The van der Waals surface area contributed by atoms with Crippen molar-refractivity contribution in [3.8, 4) is 11.6 Å². The molecule has 1 heterocycles. The topological polar surface area (TPSA) is 82.3 Å². The zero-order chi connectivity index (χ0) is 13.2. The number of hydrogen-bond acceptors (Lipinski definition) is 4. The maximum atomic E-state index is 11.0. The molecule has 0 fully saturated rings. The van der Waals surface area contributed by atoms with Crippen LogP contribution in [0.2, 0.25) is 5.02 Å². The first-order valence-electron chi connectivity index (χ1n) is 4.88. The van der Waals surface area contributed by atoms with E-state index in [0.29, 0.717) is 10.8 Å². The summed E-state index contributed by atoms with van der Waals surface area (Å²) < 4.78 is 27.5. The molecule has 2 N–H and O–H groups in total. The number of para-hydroxylation sites is 1. The van der Waals surface area contributed by atoms with Crippen molar-refractivity contribution in [2.45, 2.75) is 4.90 Å². The molecule has 0 unspecified atom stereocenters. The van der Waals surface area contributed by atoms with Crippen LogP contribution in [-0.4, -0.2) is 13.4 Å². The first-order valence-corrected chi connectivity index (χ1v) is 6.80. The molecular formula is C11H9ClN2O3S. The average Bonchev–Trinajstić information content (AvgIpc) is 2.32. The smallest absolute Gasteiger partial charge is 0.239 e. The first kappa shape index (κ1) is 12.8. The highest BCUT2D eigenvalue weighted by molar-refractivity contribution is 7.89. The minimum atomic E-state index is -3.74. The number of primary sulfonamides is 1. The fourth-order valence-electron chi connectivity index (χ4n) is 1.24. The summed E-state index contributed by atoms with van der Waals surface area (Å²) in [4.78, 5) is 3.77. The van der Waals surface area contributed by atoms with Gasteiger partial charge < -0.3 is 4.74 Å². The molecule has 0 aliphatic heterocycles. The van der Waals surface area contributed by atoms with Gasteiger partial charge in [0.05, 0.1) is 11.2 Å². The molecule has 2 rings (SSSR count). The molecule has 0 saturated heterocycles. The quantitative estimate of drug-likeness (QED) is 0.936. The fraction of sp³-hybridized carbons (Fsp3) is 0. The van der Waals surface area contributed by atoms with Crippen LogP contribution >= 0.6 is 11.6 Å². The highest BCUT2D eigenvalue weighted by atomic mass is 35.5. The molecule has 0 spiro atoms. The number of ether oxygens (including phenoxy) is 1. The lowest BCUT2D eigenvalue weighted by Gasteiger charge is -2.06.